The van der Waals surface area contributed by atoms with Crippen LogP contribution in [0.3, 0.4) is 0 Å². The summed E-state index contributed by atoms with van der Waals surface area (Å²) in [6.45, 7) is 7.13. The van der Waals surface area contributed by atoms with Crippen molar-refractivity contribution < 1.29 is 22.7 Å². The molecule has 1 aromatic rings. The number of nitrogens with one attached hydrogen (secondary N) is 1. The van der Waals surface area contributed by atoms with Gasteiger partial charge in [-0.2, -0.15) is 0 Å². The number of esters is 1. The lowest BCUT2D eigenvalue weighted by molar-refractivity contribution is -0.151. The number of sulfonamides is 1. The first kappa shape index (κ1) is 21.9. The van der Waals surface area contributed by atoms with E-state index in [1.807, 2.05) is 0 Å². The zero-order chi connectivity index (χ0) is 19.6. The molecule has 0 bridgehead atoms. The van der Waals surface area contributed by atoms with E-state index in [1.54, 1.807) is 12.2 Å². The number of hydrogen-bond acceptors (Lipinski definition) is 5. The normalized spacial score (nSPS) is 10.8. The predicted molar refractivity (Wildman–Crippen MR) is 99.2 cm³/mol. The van der Waals surface area contributed by atoms with Crippen LogP contribution in [0, 0.1) is 0 Å². The van der Waals surface area contributed by atoms with Crippen molar-refractivity contribution in [3.8, 4) is 0 Å². The van der Waals surface area contributed by atoms with E-state index in [4.69, 9.17) is 16.3 Å². The summed E-state index contributed by atoms with van der Waals surface area (Å²) in [6, 6.07) is 5.62. The van der Waals surface area contributed by atoms with Gasteiger partial charge in [-0.05, 0) is 24.3 Å². The molecular weight excluding hydrogens is 380 g/mol. The average Bonchev–Trinajstić information content (AvgIpc) is 2.59. The number of amides is 1. The second kappa shape index (κ2) is 10.7. The van der Waals surface area contributed by atoms with Crippen molar-refractivity contribution >= 4 is 33.5 Å². The molecule has 0 aromatic heterocycles. The summed E-state index contributed by atoms with van der Waals surface area (Å²) in [5, 5.41) is 0.416. The van der Waals surface area contributed by atoms with Crippen molar-refractivity contribution in [2.24, 2.45) is 0 Å². The van der Waals surface area contributed by atoms with Crippen LogP contribution in [0.25, 0.3) is 0 Å². The molecule has 0 radical (unpaired) electrons. The molecule has 9 heteroatoms. The summed E-state index contributed by atoms with van der Waals surface area (Å²) >= 11 is 5.71. The van der Waals surface area contributed by atoms with Gasteiger partial charge in [-0.15, -0.1) is 13.2 Å². The molecule has 0 aliphatic rings. The molecule has 1 amide bonds. The highest BCUT2D eigenvalue weighted by Crippen LogP contribution is 2.13. The Labute approximate surface area is 158 Å². The maximum absolute atomic E-state index is 12.0. The van der Waals surface area contributed by atoms with Gasteiger partial charge in [0.2, 0.25) is 10.0 Å². The summed E-state index contributed by atoms with van der Waals surface area (Å²) in [6.07, 6.45) is 2.90. The summed E-state index contributed by atoms with van der Waals surface area (Å²) in [5.74, 6) is -1.07. The molecule has 1 aromatic carbocycles. The van der Waals surface area contributed by atoms with Crippen LogP contribution in [-0.2, 0) is 24.3 Å². The third-order valence-corrected chi connectivity index (χ3v) is 4.88. The fourth-order valence-corrected chi connectivity index (χ4v) is 3.04. The number of nitrogens with zero attached hydrogens (tertiary/aromatic N) is 1. The molecule has 26 heavy (non-hydrogen) atoms. The summed E-state index contributed by atoms with van der Waals surface area (Å²) in [7, 11) is -3.75. The molecule has 7 nitrogen and oxygen atoms in total. The quantitative estimate of drug-likeness (QED) is 0.451. The molecule has 142 valence electrons. The van der Waals surface area contributed by atoms with Crippen molar-refractivity contribution in [1.82, 2.24) is 9.62 Å². The molecule has 0 aliphatic carbocycles. The van der Waals surface area contributed by atoms with Gasteiger partial charge in [-0.25, -0.2) is 13.1 Å². The Morgan fingerprint density at radius 2 is 1.73 bits per heavy atom. The number of benzene rings is 1. The van der Waals surface area contributed by atoms with E-state index in [0.717, 1.165) is 0 Å². The maximum Gasteiger partial charge on any atom is 0.307 e. The SMILES string of the molecule is C=CCN(CC=C)C(=O)COC(=O)CCNS(=O)(=O)c1ccc(Cl)cc1. The second-order valence-corrected chi connectivity index (χ2v) is 7.34. The van der Waals surface area contributed by atoms with Gasteiger partial charge < -0.3 is 9.64 Å². The van der Waals surface area contributed by atoms with Gasteiger partial charge in [0.15, 0.2) is 6.61 Å². The Morgan fingerprint density at radius 3 is 2.27 bits per heavy atom. The summed E-state index contributed by atoms with van der Waals surface area (Å²) in [4.78, 5) is 25.0. The average molecular weight is 401 g/mol. The Balaban J connectivity index is 2.42. The van der Waals surface area contributed by atoms with Crippen molar-refractivity contribution in [2.45, 2.75) is 11.3 Å². The van der Waals surface area contributed by atoms with Crippen LogP contribution in [-0.4, -0.2) is 51.4 Å². The minimum absolute atomic E-state index is 0.0370. The molecule has 0 saturated carbocycles. The molecule has 1 N–H and O–H groups in total. The Hall–Kier alpha value is -2.16. The van der Waals surface area contributed by atoms with E-state index in [0.29, 0.717) is 18.1 Å². The van der Waals surface area contributed by atoms with E-state index in [9.17, 15) is 18.0 Å². The zero-order valence-corrected chi connectivity index (χ0v) is 15.8. The second-order valence-electron chi connectivity index (χ2n) is 5.14. The minimum atomic E-state index is -3.75. The van der Waals surface area contributed by atoms with Gasteiger partial charge in [0.05, 0.1) is 11.3 Å². The van der Waals surface area contributed by atoms with E-state index in [-0.39, 0.29) is 23.8 Å². The predicted octanol–water partition coefficient (Wildman–Crippen LogP) is 1.75. The van der Waals surface area contributed by atoms with E-state index < -0.39 is 22.6 Å². The lowest BCUT2D eigenvalue weighted by atomic mass is 10.4. The highest BCUT2D eigenvalue weighted by Gasteiger charge is 2.16. The number of hydrogen-bond donors (Lipinski definition) is 1. The molecule has 0 heterocycles. The summed E-state index contributed by atoms with van der Waals surface area (Å²) in [5.41, 5.74) is 0. The topological polar surface area (TPSA) is 92.8 Å². The van der Waals surface area contributed by atoms with Crippen molar-refractivity contribution in [1.29, 1.82) is 0 Å². The minimum Gasteiger partial charge on any atom is -0.456 e. The molecular formula is C17H21ClN2O5S. The van der Waals surface area contributed by atoms with Gasteiger partial charge >= 0.3 is 5.97 Å². The van der Waals surface area contributed by atoms with Crippen LogP contribution in [0.5, 0.6) is 0 Å². The number of carbonyl (C=O) groups excluding carboxylic acids is 2. The summed E-state index contributed by atoms with van der Waals surface area (Å²) < 4.78 is 31.2. The molecule has 1 rings (SSSR count). The van der Waals surface area contributed by atoms with Crippen LogP contribution in [0.2, 0.25) is 5.02 Å². The highest BCUT2D eigenvalue weighted by molar-refractivity contribution is 7.89. The van der Waals surface area contributed by atoms with Crippen LogP contribution >= 0.6 is 11.6 Å². The highest BCUT2D eigenvalue weighted by atomic mass is 35.5. The standard InChI is InChI=1S/C17H21ClN2O5S/c1-3-11-20(12-4-2)16(21)13-25-17(22)9-10-19-26(23,24)15-7-5-14(18)6-8-15/h3-8,19H,1-2,9-13H2. The third kappa shape index (κ3) is 7.38. The third-order valence-electron chi connectivity index (χ3n) is 3.15. The van der Waals surface area contributed by atoms with E-state index >= 15 is 0 Å². The van der Waals surface area contributed by atoms with Gasteiger partial charge in [0, 0.05) is 24.7 Å². The van der Waals surface area contributed by atoms with Gasteiger partial charge in [-0.3, -0.25) is 9.59 Å². The smallest absolute Gasteiger partial charge is 0.307 e. The van der Waals surface area contributed by atoms with Crippen LogP contribution < -0.4 is 4.72 Å². The fraction of sp³-hybridized carbons (Fsp3) is 0.294. The van der Waals surface area contributed by atoms with Crippen molar-refractivity contribution in [3.63, 3.8) is 0 Å². The number of ether oxygens (including phenoxy) is 1. The first-order valence-corrected chi connectivity index (χ1v) is 9.56. The lowest BCUT2D eigenvalue weighted by Crippen LogP contribution is -2.35. The monoisotopic (exact) mass is 400 g/mol. The largest absolute Gasteiger partial charge is 0.456 e. The van der Waals surface area contributed by atoms with E-state index in [1.165, 1.54) is 29.2 Å². The molecule has 0 saturated heterocycles. The molecule has 0 aliphatic heterocycles. The number of carbonyl (C=O) groups is 2. The lowest BCUT2D eigenvalue weighted by Gasteiger charge is -2.18. The van der Waals surface area contributed by atoms with Gasteiger partial charge in [0.25, 0.3) is 5.91 Å². The zero-order valence-electron chi connectivity index (χ0n) is 14.2. The molecule has 0 atom stereocenters. The Kier molecular flexibility index (Phi) is 9.04. The van der Waals surface area contributed by atoms with Crippen LogP contribution in [0.4, 0.5) is 0 Å². The maximum atomic E-state index is 12.0. The van der Waals surface area contributed by atoms with Crippen molar-refractivity contribution in [2.75, 3.05) is 26.2 Å². The molecule has 0 spiro atoms. The first-order valence-electron chi connectivity index (χ1n) is 7.70. The van der Waals surface area contributed by atoms with Crippen molar-refractivity contribution in [3.05, 3.63) is 54.6 Å². The number of rotatable bonds is 11. The molecule has 0 unspecified atom stereocenters. The van der Waals surface area contributed by atoms with Gasteiger partial charge in [0.1, 0.15) is 0 Å². The Morgan fingerprint density at radius 1 is 1.15 bits per heavy atom. The fourth-order valence-electron chi connectivity index (χ4n) is 1.88. The Bertz CT molecular complexity index is 737. The molecule has 0 fully saturated rings. The van der Waals surface area contributed by atoms with Gasteiger partial charge in [-0.1, -0.05) is 23.8 Å². The number of halogens is 1. The first-order chi connectivity index (χ1) is 12.3. The van der Waals surface area contributed by atoms with Crippen LogP contribution in [0.15, 0.2) is 54.5 Å². The van der Waals surface area contributed by atoms with E-state index in [2.05, 4.69) is 17.9 Å². The van der Waals surface area contributed by atoms with Crippen LogP contribution in [0.1, 0.15) is 6.42 Å².